The fraction of sp³-hybridized carbons (Fsp3) is 0.667. The maximum Gasteiger partial charge on any atom is 0.0213 e. The molecule has 0 unspecified atom stereocenters. The summed E-state index contributed by atoms with van der Waals surface area (Å²) in [5.41, 5.74) is 1.45. The van der Waals surface area contributed by atoms with E-state index in [1.807, 2.05) is 11.3 Å². The van der Waals surface area contributed by atoms with Crippen molar-refractivity contribution in [3.63, 3.8) is 0 Å². The van der Waals surface area contributed by atoms with Crippen LogP contribution in [0.3, 0.4) is 0 Å². The second-order valence-corrected chi connectivity index (χ2v) is 4.65. The number of nitrogens with one attached hydrogen (secondary N) is 1. The van der Waals surface area contributed by atoms with Crippen LogP contribution in [0.15, 0.2) is 11.4 Å². The fourth-order valence-corrected chi connectivity index (χ4v) is 2.40. The molecular weight excluding hydrogens is 190 g/mol. The van der Waals surface area contributed by atoms with Crippen molar-refractivity contribution in [3.8, 4) is 0 Å². The summed E-state index contributed by atoms with van der Waals surface area (Å²) in [5, 5.41) is 5.63. The Bertz CT molecular complexity index is 242. The van der Waals surface area contributed by atoms with Crippen LogP contribution in [0, 0.1) is 0 Å². The Morgan fingerprint density at radius 3 is 2.86 bits per heavy atom. The predicted octanol–water partition coefficient (Wildman–Crippen LogP) is 3.59. The molecule has 1 rings (SSSR count). The molecule has 0 radical (unpaired) electrons. The Morgan fingerprint density at radius 1 is 1.29 bits per heavy atom. The number of unbranched alkanes of at least 4 members (excludes halogenated alkanes) is 2. The van der Waals surface area contributed by atoms with E-state index < -0.39 is 0 Å². The maximum absolute atomic E-state index is 3.35. The van der Waals surface area contributed by atoms with Gasteiger partial charge in [0, 0.05) is 11.4 Å². The van der Waals surface area contributed by atoms with Gasteiger partial charge in [-0.3, -0.25) is 0 Å². The van der Waals surface area contributed by atoms with Gasteiger partial charge in [0.05, 0.1) is 0 Å². The second-order valence-electron chi connectivity index (χ2n) is 3.66. The van der Waals surface area contributed by atoms with Gasteiger partial charge in [-0.2, -0.15) is 0 Å². The molecule has 0 fully saturated rings. The van der Waals surface area contributed by atoms with Gasteiger partial charge in [-0.25, -0.2) is 0 Å². The lowest BCUT2D eigenvalue weighted by atomic mass is 10.2. The van der Waals surface area contributed by atoms with Crippen molar-refractivity contribution >= 4 is 11.3 Å². The summed E-state index contributed by atoms with van der Waals surface area (Å²) in [5.74, 6) is 0. The number of rotatable bonds is 7. The highest BCUT2D eigenvalue weighted by atomic mass is 32.1. The maximum atomic E-state index is 3.35. The Kier molecular flexibility index (Phi) is 5.88. The largest absolute Gasteiger partial charge is 0.313 e. The standard InChI is InChI=1S/C12H21NS/c1-3-5-6-7-12-8-11(10-14-12)9-13-4-2/h8,10,13H,3-7,9H2,1-2H3. The average Bonchev–Trinajstić information content (AvgIpc) is 2.63. The van der Waals surface area contributed by atoms with E-state index in [-0.39, 0.29) is 0 Å². The summed E-state index contributed by atoms with van der Waals surface area (Å²) < 4.78 is 0. The molecule has 0 aromatic carbocycles. The van der Waals surface area contributed by atoms with Crippen molar-refractivity contribution in [1.29, 1.82) is 0 Å². The lowest BCUT2D eigenvalue weighted by molar-refractivity contribution is 0.717. The van der Waals surface area contributed by atoms with Crippen LogP contribution in [0.2, 0.25) is 0 Å². The van der Waals surface area contributed by atoms with E-state index in [0.717, 1.165) is 13.1 Å². The predicted molar refractivity (Wildman–Crippen MR) is 64.9 cm³/mol. The molecule has 1 aromatic rings. The molecule has 0 spiro atoms. The lowest BCUT2D eigenvalue weighted by Gasteiger charge is -1.97. The summed E-state index contributed by atoms with van der Waals surface area (Å²) in [4.78, 5) is 1.55. The summed E-state index contributed by atoms with van der Waals surface area (Å²) in [6.07, 6.45) is 5.29. The Balaban J connectivity index is 2.27. The number of thiophene rings is 1. The minimum Gasteiger partial charge on any atom is -0.313 e. The molecule has 0 aliphatic carbocycles. The topological polar surface area (TPSA) is 12.0 Å². The smallest absolute Gasteiger partial charge is 0.0213 e. The van der Waals surface area contributed by atoms with Gasteiger partial charge in [-0.1, -0.05) is 26.7 Å². The van der Waals surface area contributed by atoms with E-state index in [4.69, 9.17) is 0 Å². The van der Waals surface area contributed by atoms with Crippen LogP contribution in [0.5, 0.6) is 0 Å². The highest BCUT2D eigenvalue weighted by Crippen LogP contribution is 2.17. The molecule has 0 saturated carbocycles. The van der Waals surface area contributed by atoms with Crippen molar-refractivity contribution in [2.45, 2.75) is 46.1 Å². The van der Waals surface area contributed by atoms with E-state index in [9.17, 15) is 0 Å². The van der Waals surface area contributed by atoms with E-state index in [0.29, 0.717) is 0 Å². The van der Waals surface area contributed by atoms with Gasteiger partial charge in [0.25, 0.3) is 0 Å². The van der Waals surface area contributed by atoms with Crippen LogP contribution in [0.25, 0.3) is 0 Å². The molecule has 14 heavy (non-hydrogen) atoms. The molecule has 0 atom stereocenters. The van der Waals surface area contributed by atoms with Crippen molar-refractivity contribution in [2.75, 3.05) is 6.54 Å². The summed E-state index contributed by atoms with van der Waals surface area (Å²) in [7, 11) is 0. The van der Waals surface area contributed by atoms with Gasteiger partial charge in [-0.05, 0) is 36.4 Å². The van der Waals surface area contributed by atoms with Crippen molar-refractivity contribution in [3.05, 3.63) is 21.9 Å². The lowest BCUT2D eigenvalue weighted by Crippen LogP contribution is -2.10. The van der Waals surface area contributed by atoms with E-state index >= 15 is 0 Å². The van der Waals surface area contributed by atoms with Crippen molar-refractivity contribution < 1.29 is 0 Å². The Hall–Kier alpha value is -0.340. The molecule has 0 saturated heterocycles. The molecule has 0 amide bonds. The van der Waals surface area contributed by atoms with Gasteiger partial charge < -0.3 is 5.32 Å². The van der Waals surface area contributed by atoms with Gasteiger partial charge in [0.15, 0.2) is 0 Å². The van der Waals surface area contributed by atoms with E-state index in [2.05, 4.69) is 30.6 Å². The zero-order valence-corrected chi connectivity index (χ0v) is 10.1. The number of aryl methyl sites for hydroxylation is 1. The molecule has 0 aliphatic rings. The van der Waals surface area contributed by atoms with E-state index in [1.165, 1.54) is 31.2 Å². The van der Waals surface area contributed by atoms with Gasteiger partial charge in [0.1, 0.15) is 0 Å². The third-order valence-corrected chi connectivity index (χ3v) is 3.36. The third kappa shape index (κ3) is 4.25. The minimum atomic E-state index is 1.03. The van der Waals surface area contributed by atoms with Crippen LogP contribution in [-0.2, 0) is 13.0 Å². The molecule has 80 valence electrons. The van der Waals surface area contributed by atoms with Gasteiger partial charge >= 0.3 is 0 Å². The normalized spacial score (nSPS) is 10.7. The van der Waals surface area contributed by atoms with Crippen LogP contribution >= 0.6 is 11.3 Å². The van der Waals surface area contributed by atoms with Crippen molar-refractivity contribution in [1.82, 2.24) is 5.32 Å². The Labute approximate surface area is 91.5 Å². The monoisotopic (exact) mass is 211 g/mol. The SMILES string of the molecule is CCCCCc1cc(CNCC)cs1. The van der Waals surface area contributed by atoms with Crippen LogP contribution < -0.4 is 5.32 Å². The molecular formula is C12H21NS. The molecule has 2 heteroatoms. The molecule has 1 N–H and O–H groups in total. The molecule has 0 bridgehead atoms. The van der Waals surface area contributed by atoms with Gasteiger partial charge in [-0.15, -0.1) is 11.3 Å². The van der Waals surface area contributed by atoms with Crippen LogP contribution in [-0.4, -0.2) is 6.54 Å². The third-order valence-electron chi connectivity index (χ3n) is 2.31. The Morgan fingerprint density at radius 2 is 2.14 bits per heavy atom. The zero-order valence-electron chi connectivity index (χ0n) is 9.31. The zero-order chi connectivity index (χ0) is 10.2. The van der Waals surface area contributed by atoms with Crippen LogP contribution in [0.1, 0.15) is 43.6 Å². The first-order valence-corrected chi connectivity index (χ1v) is 6.51. The first-order valence-electron chi connectivity index (χ1n) is 5.63. The molecule has 1 nitrogen and oxygen atoms in total. The number of hydrogen-bond donors (Lipinski definition) is 1. The summed E-state index contributed by atoms with van der Waals surface area (Å²) >= 11 is 1.91. The van der Waals surface area contributed by atoms with Gasteiger partial charge in [0.2, 0.25) is 0 Å². The first kappa shape index (κ1) is 11.7. The minimum absolute atomic E-state index is 1.03. The quantitative estimate of drug-likeness (QED) is 0.680. The van der Waals surface area contributed by atoms with Crippen molar-refractivity contribution in [2.24, 2.45) is 0 Å². The molecule has 1 heterocycles. The van der Waals surface area contributed by atoms with Crippen LogP contribution in [0.4, 0.5) is 0 Å². The molecule has 1 aromatic heterocycles. The summed E-state index contributed by atoms with van der Waals surface area (Å²) in [6, 6.07) is 2.35. The fourth-order valence-electron chi connectivity index (χ4n) is 1.47. The highest BCUT2D eigenvalue weighted by Gasteiger charge is 1.98. The summed E-state index contributed by atoms with van der Waals surface area (Å²) in [6.45, 7) is 6.49. The second kappa shape index (κ2) is 7.02. The highest BCUT2D eigenvalue weighted by molar-refractivity contribution is 7.10. The first-order chi connectivity index (χ1) is 6.86. The molecule has 0 aliphatic heterocycles. The average molecular weight is 211 g/mol. The number of hydrogen-bond acceptors (Lipinski definition) is 2. The van der Waals surface area contributed by atoms with E-state index in [1.54, 1.807) is 4.88 Å².